The third kappa shape index (κ3) is 9.18. The third-order valence-electron chi connectivity index (χ3n) is 4.65. The highest BCUT2D eigenvalue weighted by atomic mass is 32.1. The summed E-state index contributed by atoms with van der Waals surface area (Å²) < 4.78 is 5.03. The van der Waals surface area contributed by atoms with Crippen molar-refractivity contribution in [1.82, 2.24) is 0 Å². The van der Waals surface area contributed by atoms with Gasteiger partial charge in [0.05, 0.1) is 11.5 Å². The Hall–Kier alpha value is -2.73. The fraction of sp³-hybridized carbons (Fsp3) is 0.375. The number of rotatable bonds is 13. The maximum Gasteiger partial charge on any atom is 0.331 e. The van der Waals surface area contributed by atoms with Crippen molar-refractivity contribution in [2.24, 2.45) is 5.92 Å². The normalized spacial score (nSPS) is 12.0. The lowest BCUT2D eigenvalue weighted by molar-refractivity contribution is -0.139. The van der Waals surface area contributed by atoms with Crippen molar-refractivity contribution in [2.45, 2.75) is 45.4 Å². The highest BCUT2D eigenvalue weighted by molar-refractivity contribution is 7.14. The van der Waals surface area contributed by atoms with Gasteiger partial charge in [-0.05, 0) is 55.7 Å². The van der Waals surface area contributed by atoms with Crippen molar-refractivity contribution in [2.75, 3.05) is 6.61 Å². The number of aryl methyl sites for hydroxylation is 2. The maximum absolute atomic E-state index is 12.4. The quantitative estimate of drug-likeness (QED) is 0.208. The average molecular weight is 429 g/mol. The lowest BCUT2D eigenvalue weighted by atomic mass is 10.1. The van der Waals surface area contributed by atoms with Gasteiger partial charge in [0.15, 0.2) is 5.78 Å². The van der Waals surface area contributed by atoms with Crippen molar-refractivity contribution in [3.8, 4) is 0 Å². The van der Waals surface area contributed by atoms with Gasteiger partial charge >= 0.3 is 11.9 Å². The molecule has 1 aromatic carbocycles. The molecular formula is C24H28O5S. The van der Waals surface area contributed by atoms with Crippen LogP contribution in [0.4, 0.5) is 0 Å². The van der Waals surface area contributed by atoms with Gasteiger partial charge in [-0.2, -0.15) is 0 Å². The summed E-state index contributed by atoms with van der Waals surface area (Å²) >= 11 is 1.54. The summed E-state index contributed by atoms with van der Waals surface area (Å²) in [6.07, 6.45) is 6.77. The van der Waals surface area contributed by atoms with E-state index in [1.807, 2.05) is 37.3 Å². The van der Waals surface area contributed by atoms with Crippen LogP contribution in [-0.4, -0.2) is 29.4 Å². The molecule has 6 heteroatoms. The van der Waals surface area contributed by atoms with E-state index in [0.717, 1.165) is 54.0 Å². The Morgan fingerprint density at radius 3 is 2.53 bits per heavy atom. The van der Waals surface area contributed by atoms with Crippen LogP contribution >= 0.6 is 11.3 Å². The number of ketones is 1. The molecule has 0 aliphatic rings. The van der Waals surface area contributed by atoms with Gasteiger partial charge in [0.1, 0.15) is 0 Å². The Balaban J connectivity index is 1.65. The number of unbranched alkanes of at least 4 members (excludes halogenated alkanes) is 1. The molecule has 30 heavy (non-hydrogen) atoms. The minimum absolute atomic E-state index is 0.145. The van der Waals surface area contributed by atoms with Crippen LogP contribution in [0.25, 0.3) is 0 Å². The summed E-state index contributed by atoms with van der Waals surface area (Å²) in [4.78, 5) is 36.1. The van der Waals surface area contributed by atoms with Crippen LogP contribution in [0.1, 0.15) is 52.7 Å². The molecular weight excluding hydrogens is 400 g/mol. The van der Waals surface area contributed by atoms with Crippen molar-refractivity contribution < 1.29 is 24.2 Å². The number of Topliss-reactive ketones (excluding diaryl/α,β-unsaturated/α-hetero) is 1. The van der Waals surface area contributed by atoms with Crippen LogP contribution in [-0.2, 0) is 27.2 Å². The Bertz CT molecular complexity index is 853. The van der Waals surface area contributed by atoms with E-state index >= 15 is 0 Å². The lowest BCUT2D eigenvalue weighted by Crippen LogP contribution is -2.11. The molecule has 0 bridgehead atoms. The molecule has 5 nitrogen and oxygen atoms in total. The topological polar surface area (TPSA) is 80.7 Å². The van der Waals surface area contributed by atoms with Crippen molar-refractivity contribution in [1.29, 1.82) is 0 Å². The first-order valence-corrected chi connectivity index (χ1v) is 11.0. The number of carboxylic acids is 1. The zero-order valence-electron chi connectivity index (χ0n) is 17.2. The first-order chi connectivity index (χ1) is 14.4. The fourth-order valence-electron chi connectivity index (χ4n) is 2.93. The Morgan fingerprint density at radius 2 is 1.80 bits per heavy atom. The first-order valence-electron chi connectivity index (χ1n) is 10.2. The molecule has 1 N–H and O–H groups in total. The number of hydrogen-bond acceptors (Lipinski definition) is 5. The van der Waals surface area contributed by atoms with Gasteiger partial charge in [-0.25, -0.2) is 9.59 Å². The summed E-state index contributed by atoms with van der Waals surface area (Å²) in [5.41, 5.74) is 1.31. The van der Waals surface area contributed by atoms with Gasteiger partial charge in [0.2, 0.25) is 0 Å². The van der Waals surface area contributed by atoms with Gasteiger partial charge in [-0.1, -0.05) is 37.3 Å². The number of carbonyl (C=O) groups excluding carboxylic acids is 2. The second-order valence-electron chi connectivity index (χ2n) is 7.33. The van der Waals surface area contributed by atoms with Gasteiger partial charge < -0.3 is 9.84 Å². The molecule has 2 rings (SSSR count). The van der Waals surface area contributed by atoms with Crippen LogP contribution in [0, 0.1) is 5.92 Å². The van der Waals surface area contributed by atoms with Gasteiger partial charge in [-0.15, -0.1) is 11.3 Å². The number of carboxylic acid groups (broad SMARTS) is 1. The molecule has 0 aliphatic heterocycles. The van der Waals surface area contributed by atoms with Crippen molar-refractivity contribution >= 4 is 29.1 Å². The molecule has 160 valence electrons. The van der Waals surface area contributed by atoms with E-state index in [1.165, 1.54) is 16.9 Å². The summed E-state index contributed by atoms with van der Waals surface area (Å²) in [6.45, 7) is 2.21. The predicted octanol–water partition coefficient (Wildman–Crippen LogP) is 5.10. The largest absolute Gasteiger partial charge is 0.478 e. The zero-order valence-corrected chi connectivity index (χ0v) is 18.0. The van der Waals surface area contributed by atoms with Crippen molar-refractivity contribution in [3.63, 3.8) is 0 Å². The maximum atomic E-state index is 12.4. The number of aliphatic carboxylic acids is 1. The lowest BCUT2D eigenvalue weighted by Gasteiger charge is -2.10. The number of carbonyl (C=O) groups is 3. The molecule has 1 heterocycles. The van der Waals surface area contributed by atoms with Gasteiger partial charge in [-0.3, -0.25) is 4.79 Å². The number of hydrogen-bond donors (Lipinski definition) is 1. The van der Waals surface area contributed by atoms with E-state index in [1.54, 1.807) is 0 Å². The van der Waals surface area contributed by atoms with Crippen LogP contribution in [0.2, 0.25) is 0 Å². The zero-order chi connectivity index (χ0) is 21.8. The molecule has 0 saturated carbocycles. The fourth-order valence-corrected chi connectivity index (χ4v) is 3.92. The van der Waals surface area contributed by atoms with Crippen LogP contribution < -0.4 is 0 Å². The highest BCUT2D eigenvalue weighted by Gasteiger charge is 2.11. The second kappa shape index (κ2) is 12.8. The SMILES string of the molecule is CC(CCc1ccc(C(=O)CCCCc2ccccc2)s1)COC(=O)C=CC(=O)O. The summed E-state index contributed by atoms with van der Waals surface area (Å²) in [6, 6.07) is 14.2. The van der Waals surface area contributed by atoms with Gasteiger partial charge in [0.25, 0.3) is 0 Å². The van der Waals surface area contributed by atoms with Crippen LogP contribution in [0.5, 0.6) is 0 Å². The van der Waals surface area contributed by atoms with E-state index in [4.69, 9.17) is 9.84 Å². The summed E-state index contributed by atoms with van der Waals surface area (Å²) in [5, 5.41) is 8.48. The molecule has 1 atom stereocenters. The summed E-state index contributed by atoms with van der Waals surface area (Å²) in [5.74, 6) is -1.49. The minimum Gasteiger partial charge on any atom is -0.478 e. The number of thiophene rings is 1. The molecule has 0 spiro atoms. The Morgan fingerprint density at radius 1 is 1.03 bits per heavy atom. The number of benzene rings is 1. The first kappa shape index (κ1) is 23.5. The van der Waals surface area contributed by atoms with E-state index in [0.29, 0.717) is 6.42 Å². The van der Waals surface area contributed by atoms with Crippen LogP contribution in [0.3, 0.4) is 0 Å². The monoisotopic (exact) mass is 428 g/mol. The molecule has 1 aromatic heterocycles. The Kier molecular flexibility index (Phi) is 10.0. The van der Waals surface area contributed by atoms with E-state index in [-0.39, 0.29) is 18.3 Å². The molecule has 2 aromatic rings. The van der Waals surface area contributed by atoms with Crippen molar-refractivity contribution in [3.05, 3.63) is 69.9 Å². The minimum atomic E-state index is -1.18. The highest BCUT2D eigenvalue weighted by Crippen LogP contribution is 2.22. The van der Waals surface area contributed by atoms with Gasteiger partial charge in [0, 0.05) is 23.5 Å². The Labute approximate surface area is 181 Å². The number of esters is 1. The molecule has 0 aliphatic carbocycles. The predicted molar refractivity (Wildman–Crippen MR) is 118 cm³/mol. The molecule has 0 saturated heterocycles. The standard InChI is InChI=1S/C24H28O5S/c1-18(17-29-24(28)16-15-23(26)27)11-12-20-13-14-22(30-20)21(25)10-6-5-9-19-7-3-2-4-8-19/h2-4,7-8,13-16,18H,5-6,9-12,17H2,1H3,(H,26,27). The summed E-state index contributed by atoms with van der Waals surface area (Å²) in [7, 11) is 0. The molecule has 1 unspecified atom stereocenters. The van der Waals surface area contributed by atoms with Crippen LogP contribution in [0.15, 0.2) is 54.6 Å². The molecule has 0 fully saturated rings. The molecule has 0 amide bonds. The average Bonchev–Trinajstić information content (AvgIpc) is 3.22. The molecule has 0 radical (unpaired) electrons. The van der Waals surface area contributed by atoms with E-state index in [9.17, 15) is 14.4 Å². The third-order valence-corrected chi connectivity index (χ3v) is 5.84. The van der Waals surface area contributed by atoms with E-state index < -0.39 is 11.9 Å². The van der Waals surface area contributed by atoms with E-state index in [2.05, 4.69) is 12.1 Å². The number of ether oxygens (including phenoxy) is 1. The second-order valence-corrected chi connectivity index (χ2v) is 8.50. The smallest absolute Gasteiger partial charge is 0.331 e.